The van der Waals surface area contributed by atoms with Gasteiger partial charge in [0.2, 0.25) is 5.91 Å². The van der Waals surface area contributed by atoms with Crippen LogP contribution in [-0.2, 0) is 11.8 Å². The first-order chi connectivity index (χ1) is 18.7. The molecule has 1 saturated carbocycles. The zero-order valence-electron chi connectivity index (χ0n) is 23.6. The molecule has 0 radical (unpaired) electrons. The average molecular weight is 526 g/mol. The van der Waals surface area contributed by atoms with Crippen molar-refractivity contribution in [3.63, 3.8) is 0 Å². The van der Waals surface area contributed by atoms with Crippen LogP contribution in [-0.4, -0.2) is 38.3 Å². The van der Waals surface area contributed by atoms with Crippen molar-refractivity contribution >= 4 is 28.5 Å². The van der Waals surface area contributed by atoms with Gasteiger partial charge in [0.25, 0.3) is 5.91 Å². The Morgan fingerprint density at radius 1 is 1.18 bits per heavy atom. The standard InChI is InChI=1S/C32H39N5O2/c1-21-27(35-31(39)24-12-8-11-23(15-24)18-33)19-34-30-29(21)26(20-36(30)4)25-13-14-37(32(2,3)17-25)28(38)16-22-9-6-5-7-10-22/h8,11-12,15,19-20,22,25H,5-7,9-10,13-14,16-17H2,1-4H3,(H,35,39). The van der Waals surface area contributed by atoms with E-state index in [-0.39, 0.29) is 11.4 Å². The predicted octanol–water partition coefficient (Wildman–Crippen LogP) is 6.46. The van der Waals surface area contributed by atoms with Gasteiger partial charge in [0.1, 0.15) is 5.65 Å². The van der Waals surface area contributed by atoms with E-state index in [9.17, 15) is 14.9 Å². The van der Waals surface area contributed by atoms with E-state index in [4.69, 9.17) is 4.98 Å². The molecule has 2 aliphatic rings. The minimum Gasteiger partial charge on any atom is -0.338 e. The summed E-state index contributed by atoms with van der Waals surface area (Å²) in [5.41, 5.74) is 4.43. The molecule has 1 aliphatic carbocycles. The number of piperidine rings is 1. The van der Waals surface area contributed by atoms with Gasteiger partial charge < -0.3 is 14.8 Å². The Balaban J connectivity index is 1.37. The molecule has 3 heterocycles. The first-order valence-corrected chi connectivity index (χ1v) is 14.2. The molecule has 1 aromatic carbocycles. The van der Waals surface area contributed by atoms with E-state index in [1.807, 2.05) is 14.0 Å². The Labute approximate surface area is 231 Å². The Bertz CT molecular complexity index is 1440. The zero-order valence-corrected chi connectivity index (χ0v) is 23.6. The largest absolute Gasteiger partial charge is 0.338 e. The van der Waals surface area contributed by atoms with Crippen molar-refractivity contribution in [3.8, 4) is 6.07 Å². The van der Waals surface area contributed by atoms with Crippen LogP contribution in [0.2, 0.25) is 0 Å². The molecule has 2 fully saturated rings. The minimum absolute atomic E-state index is 0.226. The van der Waals surface area contributed by atoms with Crippen LogP contribution < -0.4 is 5.32 Å². The average Bonchev–Trinajstić information content (AvgIpc) is 3.27. The highest BCUT2D eigenvalue weighted by Gasteiger charge is 2.39. The number of amides is 2. The summed E-state index contributed by atoms with van der Waals surface area (Å²) >= 11 is 0. The number of fused-ring (bicyclic) bond motifs is 1. The Hall–Kier alpha value is -3.66. The normalized spacial score (nSPS) is 19.6. The van der Waals surface area contributed by atoms with Crippen molar-refractivity contribution in [2.45, 2.75) is 83.6 Å². The summed E-state index contributed by atoms with van der Waals surface area (Å²) in [6, 6.07) is 8.78. The van der Waals surface area contributed by atoms with Crippen molar-refractivity contribution in [1.29, 1.82) is 5.26 Å². The van der Waals surface area contributed by atoms with E-state index < -0.39 is 0 Å². The Kier molecular flexibility index (Phi) is 7.48. The van der Waals surface area contributed by atoms with Crippen LogP contribution in [0.15, 0.2) is 36.7 Å². The van der Waals surface area contributed by atoms with Crippen molar-refractivity contribution in [2.24, 2.45) is 13.0 Å². The van der Waals surface area contributed by atoms with E-state index in [0.29, 0.717) is 41.0 Å². The van der Waals surface area contributed by atoms with Crippen LogP contribution >= 0.6 is 0 Å². The second-order valence-corrected chi connectivity index (χ2v) is 12.1. The van der Waals surface area contributed by atoms with Gasteiger partial charge in [0, 0.05) is 42.7 Å². The van der Waals surface area contributed by atoms with Crippen LogP contribution in [0.4, 0.5) is 5.69 Å². The smallest absolute Gasteiger partial charge is 0.255 e. The van der Waals surface area contributed by atoms with Crippen LogP contribution in [0.25, 0.3) is 11.0 Å². The Morgan fingerprint density at radius 3 is 2.67 bits per heavy atom. The summed E-state index contributed by atoms with van der Waals surface area (Å²) in [5.74, 6) is 0.884. The van der Waals surface area contributed by atoms with Crippen LogP contribution in [0.1, 0.15) is 98.2 Å². The summed E-state index contributed by atoms with van der Waals surface area (Å²) < 4.78 is 2.06. The number of likely N-dealkylation sites (tertiary alicyclic amines) is 1. The fourth-order valence-corrected chi connectivity index (χ4v) is 6.78. The molecular weight excluding hydrogens is 486 g/mol. The van der Waals surface area contributed by atoms with Crippen molar-refractivity contribution < 1.29 is 9.59 Å². The molecule has 0 bridgehead atoms. The molecule has 1 unspecified atom stereocenters. The summed E-state index contributed by atoms with van der Waals surface area (Å²) in [7, 11) is 2.01. The number of pyridine rings is 1. The van der Waals surface area contributed by atoms with Gasteiger partial charge in [0.05, 0.1) is 23.5 Å². The molecule has 1 atom stereocenters. The van der Waals surface area contributed by atoms with Crippen molar-refractivity contribution in [2.75, 3.05) is 11.9 Å². The van der Waals surface area contributed by atoms with E-state index in [1.165, 1.54) is 37.7 Å². The lowest BCUT2D eigenvalue weighted by atomic mass is 9.78. The van der Waals surface area contributed by atoms with E-state index >= 15 is 0 Å². The highest BCUT2D eigenvalue weighted by Crippen LogP contribution is 2.42. The molecule has 0 spiro atoms. The number of carbonyl (C=O) groups is 2. The van der Waals surface area contributed by atoms with Crippen molar-refractivity contribution in [1.82, 2.24) is 14.5 Å². The predicted molar refractivity (Wildman–Crippen MR) is 154 cm³/mol. The molecule has 7 nitrogen and oxygen atoms in total. The number of hydrogen-bond acceptors (Lipinski definition) is 4. The molecule has 7 heteroatoms. The maximum Gasteiger partial charge on any atom is 0.255 e. The van der Waals surface area contributed by atoms with E-state index in [0.717, 1.165) is 36.0 Å². The van der Waals surface area contributed by atoms with Crippen molar-refractivity contribution in [3.05, 3.63) is 58.9 Å². The number of benzene rings is 1. The first kappa shape index (κ1) is 26.9. The second-order valence-electron chi connectivity index (χ2n) is 12.1. The third-order valence-corrected chi connectivity index (χ3v) is 8.88. The van der Waals surface area contributed by atoms with E-state index in [2.05, 4.69) is 40.9 Å². The maximum atomic E-state index is 13.4. The molecule has 5 rings (SSSR count). The lowest BCUT2D eigenvalue weighted by Crippen LogP contribution is -2.52. The van der Waals surface area contributed by atoms with Gasteiger partial charge in [-0.1, -0.05) is 25.3 Å². The second kappa shape index (κ2) is 10.8. The quantitative estimate of drug-likeness (QED) is 0.414. The SMILES string of the molecule is Cc1c(NC(=O)c2cccc(C#N)c2)cnc2c1c(C1CCN(C(=O)CC3CCCCC3)C(C)(C)C1)cn2C. The van der Waals surface area contributed by atoms with Crippen LogP contribution in [0, 0.1) is 24.2 Å². The van der Waals surface area contributed by atoms with Gasteiger partial charge in [-0.05, 0) is 87.6 Å². The fourth-order valence-electron chi connectivity index (χ4n) is 6.78. The topological polar surface area (TPSA) is 91.0 Å². The number of nitriles is 1. The highest BCUT2D eigenvalue weighted by molar-refractivity contribution is 6.06. The molecule has 2 aromatic heterocycles. The zero-order chi connectivity index (χ0) is 27.7. The summed E-state index contributed by atoms with van der Waals surface area (Å²) in [5, 5.41) is 13.3. The fraction of sp³-hybridized carbons (Fsp3) is 0.500. The number of hydrogen-bond donors (Lipinski definition) is 1. The van der Waals surface area contributed by atoms with Gasteiger partial charge >= 0.3 is 0 Å². The van der Waals surface area contributed by atoms with Gasteiger partial charge in [-0.3, -0.25) is 9.59 Å². The molecule has 2 amide bonds. The lowest BCUT2D eigenvalue weighted by Gasteiger charge is -2.46. The summed E-state index contributed by atoms with van der Waals surface area (Å²) in [4.78, 5) is 33.2. The van der Waals surface area contributed by atoms with Gasteiger partial charge in [-0.15, -0.1) is 0 Å². The van der Waals surface area contributed by atoms with E-state index in [1.54, 1.807) is 30.5 Å². The van der Waals surface area contributed by atoms with Crippen LogP contribution in [0.5, 0.6) is 0 Å². The molecular formula is C32H39N5O2. The number of nitrogens with zero attached hydrogens (tertiary/aromatic N) is 4. The molecule has 3 aromatic rings. The Morgan fingerprint density at radius 2 is 1.95 bits per heavy atom. The van der Waals surface area contributed by atoms with Gasteiger partial charge in [0.15, 0.2) is 0 Å². The van der Waals surface area contributed by atoms with Crippen LogP contribution in [0.3, 0.4) is 0 Å². The minimum atomic E-state index is -0.264. The number of carbonyl (C=O) groups excluding carboxylic acids is 2. The summed E-state index contributed by atoms with van der Waals surface area (Å²) in [6.07, 6.45) is 12.6. The molecule has 39 heavy (non-hydrogen) atoms. The number of anilines is 1. The molecule has 204 valence electrons. The third kappa shape index (κ3) is 5.43. The number of rotatable bonds is 5. The molecule has 1 aliphatic heterocycles. The molecule has 1 N–H and O–H groups in total. The highest BCUT2D eigenvalue weighted by atomic mass is 16.2. The molecule has 1 saturated heterocycles. The first-order valence-electron chi connectivity index (χ1n) is 14.2. The maximum absolute atomic E-state index is 13.4. The van der Waals surface area contributed by atoms with Gasteiger partial charge in [-0.2, -0.15) is 5.26 Å². The number of nitrogens with one attached hydrogen (secondary N) is 1. The third-order valence-electron chi connectivity index (χ3n) is 8.88. The summed E-state index contributed by atoms with van der Waals surface area (Å²) in [6.45, 7) is 7.20. The monoisotopic (exact) mass is 525 g/mol. The lowest BCUT2D eigenvalue weighted by molar-refractivity contribution is -0.140. The number of aromatic nitrogens is 2. The van der Waals surface area contributed by atoms with Gasteiger partial charge in [-0.25, -0.2) is 4.98 Å². The number of aryl methyl sites for hydroxylation is 2.